The van der Waals surface area contributed by atoms with Gasteiger partial charge in [-0.2, -0.15) is 0 Å². The van der Waals surface area contributed by atoms with Crippen LogP contribution in [0.5, 0.6) is 5.75 Å². The Balaban J connectivity index is 2.18. The van der Waals surface area contributed by atoms with E-state index in [4.69, 9.17) is 9.84 Å². The third-order valence-corrected chi connectivity index (χ3v) is 5.54. The molecule has 0 aliphatic rings. The van der Waals surface area contributed by atoms with Crippen molar-refractivity contribution in [3.05, 3.63) is 28.6 Å². The number of rotatable bonds is 9. The molecule has 0 fully saturated rings. The van der Waals surface area contributed by atoms with Gasteiger partial charge in [0.1, 0.15) is 11.5 Å². The topological polar surface area (TPSA) is 63.6 Å². The molecule has 1 aromatic heterocycles. The molecule has 0 saturated carbocycles. The molecule has 1 N–H and O–H groups in total. The number of hydrogen-bond acceptors (Lipinski definition) is 4. The van der Waals surface area contributed by atoms with Crippen LogP contribution in [0.4, 0.5) is 0 Å². The second kappa shape index (κ2) is 8.62. The first-order valence-electron chi connectivity index (χ1n) is 7.84. The summed E-state index contributed by atoms with van der Waals surface area (Å²) in [6.07, 6.45) is 2.33. The lowest BCUT2D eigenvalue weighted by molar-refractivity contribution is -0.143. The zero-order valence-electron chi connectivity index (χ0n) is 13.8. The summed E-state index contributed by atoms with van der Waals surface area (Å²) in [4.78, 5) is 23.9. The first-order valence-corrected chi connectivity index (χ1v) is 9.78. The van der Waals surface area contributed by atoms with E-state index in [0.29, 0.717) is 0 Å². The predicted octanol–water partition coefficient (Wildman–Crippen LogP) is 4.46. The maximum absolute atomic E-state index is 12.0. The van der Waals surface area contributed by atoms with Gasteiger partial charge in [0.25, 0.3) is 0 Å². The molecule has 0 aliphatic carbocycles. The van der Waals surface area contributed by atoms with Crippen LogP contribution in [-0.4, -0.2) is 29.3 Å². The van der Waals surface area contributed by atoms with Gasteiger partial charge in [0.05, 0.1) is 13.0 Å². The molecule has 1 atom stereocenters. The Morgan fingerprint density at radius 1 is 1.33 bits per heavy atom. The van der Waals surface area contributed by atoms with Crippen molar-refractivity contribution in [1.29, 1.82) is 0 Å². The number of alkyl halides is 1. The molecule has 1 heterocycles. The maximum Gasteiger partial charge on any atom is 0.306 e. The van der Waals surface area contributed by atoms with Gasteiger partial charge in [-0.05, 0) is 42.0 Å². The van der Waals surface area contributed by atoms with Gasteiger partial charge in [-0.1, -0.05) is 22.9 Å². The Bertz CT molecular complexity index is 738. The van der Waals surface area contributed by atoms with E-state index in [1.54, 1.807) is 25.4 Å². The number of halogens is 1. The van der Waals surface area contributed by atoms with Gasteiger partial charge in [0, 0.05) is 27.7 Å². The Morgan fingerprint density at radius 3 is 2.71 bits per heavy atom. The molecular formula is C18H21BrO4S. The normalized spacial score (nSPS) is 12.3. The van der Waals surface area contributed by atoms with E-state index in [2.05, 4.69) is 22.0 Å². The summed E-state index contributed by atoms with van der Waals surface area (Å²) in [6, 6.07) is 6.18. The van der Waals surface area contributed by atoms with E-state index in [0.717, 1.165) is 38.9 Å². The number of fused-ring (bicyclic) bond motifs is 1. The first-order chi connectivity index (χ1) is 11.4. The highest BCUT2D eigenvalue weighted by molar-refractivity contribution is 9.09. The molecule has 0 bridgehead atoms. The lowest BCUT2D eigenvalue weighted by Crippen LogP contribution is -2.15. The quantitative estimate of drug-likeness (QED) is 0.617. The van der Waals surface area contributed by atoms with Gasteiger partial charge < -0.3 is 9.84 Å². The Labute approximate surface area is 154 Å². The average molecular weight is 413 g/mol. The second-order valence-electron chi connectivity index (χ2n) is 5.87. The Kier molecular flexibility index (Phi) is 6.80. The summed E-state index contributed by atoms with van der Waals surface area (Å²) in [5.41, 5.74) is 1.17. The number of methoxy groups -OCH3 is 1. The van der Waals surface area contributed by atoms with Crippen molar-refractivity contribution in [2.75, 3.05) is 12.4 Å². The smallest absolute Gasteiger partial charge is 0.306 e. The van der Waals surface area contributed by atoms with E-state index >= 15 is 0 Å². The van der Waals surface area contributed by atoms with Crippen molar-refractivity contribution in [2.45, 2.75) is 32.6 Å². The summed E-state index contributed by atoms with van der Waals surface area (Å²) >= 11 is 5.01. The van der Waals surface area contributed by atoms with Crippen molar-refractivity contribution < 1.29 is 19.4 Å². The number of aliphatic carboxylic acids is 1. The zero-order chi connectivity index (χ0) is 17.7. The van der Waals surface area contributed by atoms with E-state index in [1.807, 2.05) is 12.1 Å². The Hall–Kier alpha value is -1.40. The molecule has 2 rings (SSSR count). The van der Waals surface area contributed by atoms with E-state index in [9.17, 15) is 9.59 Å². The number of aryl methyl sites for hydroxylation is 1. The van der Waals surface area contributed by atoms with Crippen molar-refractivity contribution in [3.8, 4) is 5.75 Å². The number of carbonyl (C=O) groups is 2. The minimum absolute atomic E-state index is 0.0390. The summed E-state index contributed by atoms with van der Waals surface area (Å²) in [5, 5.41) is 11.0. The monoisotopic (exact) mass is 412 g/mol. The fourth-order valence-electron chi connectivity index (χ4n) is 2.60. The summed E-state index contributed by atoms with van der Waals surface area (Å²) in [5.74, 6) is -0.728. The molecule has 0 saturated heterocycles. The minimum atomic E-state index is -0.930. The third kappa shape index (κ3) is 4.80. The maximum atomic E-state index is 12.0. The number of carbonyl (C=O) groups excluding carboxylic acids is 1. The van der Waals surface area contributed by atoms with Crippen molar-refractivity contribution in [3.63, 3.8) is 0 Å². The fraction of sp³-hybridized carbons (Fsp3) is 0.444. The Morgan fingerprint density at radius 2 is 2.08 bits per heavy atom. The lowest BCUT2D eigenvalue weighted by atomic mass is 10.0. The fourth-order valence-corrected chi connectivity index (χ4v) is 3.98. The first kappa shape index (κ1) is 18.9. The number of benzene rings is 1. The van der Waals surface area contributed by atoms with Crippen LogP contribution in [-0.2, 0) is 22.4 Å². The highest BCUT2D eigenvalue weighted by Gasteiger charge is 2.17. The van der Waals surface area contributed by atoms with Gasteiger partial charge in [0.15, 0.2) is 0 Å². The summed E-state index contributed by atoms with van der Waals surface area (Å²) in [7, 11) is 1.67. The number of Topliss-reactive ketones (excluding diaryl/α,β-unsaturated/α-hetero) is 1. The number of ether oxygens (including phenoxy) is 1. The molecular weight excluding hydrogens is 392 g/mol. The number of thiophene rings is 1. The van der Waals surface area contributed by atoms with Crippen LogP contribution >= 0.6 is 27.3 Å². The molecule has 4 nitrogen and oxygen atoms in total. The molecule has 0 spiro atoms. The molecule has 130 valence electrons. The predicted molar refractivity (Wildman–Crippen MR) is 101 cm³/mol. The highest BCUT2D eigenvalue weighted by Crippen LogP contribution is 2.33. The molecule has 24 heavy (non-hydrogen) atoms. The molecule has 0 amide bonds. The average Bonchev–Trinajstić information content (AvgIpc) is 2.92. The van der Waals surface area contributed by atoms with Gasteiger partial charge in [-0.15, -0.1) is 11.3 Å². The highest BCUT2D eigenvalue weighted by atomic mass is 79.9. The third-order valence-electron chi connectivity index (χ3n) is 3.88. The SMILES string of the molecule is COc1cc2sc(CC(=O)C[C@H](C)C(=O)O)cc2cc1CCCBr. The van der Waals surface area contributed by atoms with Crippen LogP contribution in [0, 0.1) is 5.92 Å². The number of carboxylic acid groups (broad SMARTS) is 1. The van der Waals surface area contributed by atoms with Gasteiger partial charge in [-0.25, -0.2) is 0 Å². The van der Waals surface area contributed by atoms with Crippen molar-refractivity contribution in [2.24, 2.45) is 5.92 Å². The molecule has 0 radical (unpaired) electrons. The summed E-state index contributed by atoms with van der Waals surface area (Å²) in [6.45, 7) is 1.56. The van der Waals surface area contributed by atoms with Gasteiger partial charge in [0.2, 0.25) is 0 Å². The van der Waals surface area contributed by atoms with Crippen molar-refractivity contribution in [1.82, 2.24) is 0 Å². The van der Waals surface area contributed by atoms with Crippen LogP contribution in [0.15, 0.2) is 18.2 Å². The van der Waals surface area contributed by atoms with Crippen LogP contribution in [0.25, 0.3) is 10.1 Å². The van der Waals surface area contributed by atoms with Crippen LogP contribution in [0.1, 0.15) is 30.2 Å². The van der Waals surface area contributed by atoms with E-state index in [1.165, 1.54) is 5.56 Å². The number of carboxylic acids is 1. The van der Waals surface area contributed by atoms with Crippen LogP contribution < -0.4 is 4.74 Å². The summed E-state index contributed by atoms with van der Waals surface area (Å²) < 4.78 is 6.57. The van der Waals surface area contributed by atoms with Crippen LogP contribution in [0.2, 0.25) is 0 Å². The molecule has 0 unspecified atom stereocenters. The standard InChI is InChI=1S/C18H21BrO4S/c1-11(18(21)22)6-14(20)9-15-8-13-7-12(4-3-5-19)16(23-2)10-17(13)24-15/h7-8,10-11H,3-6,9H2,1-2H3,(H,21,22)/t11-/m0/s1. The second-order valence-corrected chi connectivity index (χ2v) is 7.83. The molecule has 2 aromatic rings. The van der Waals surface area contributed by atoms with E-state index in [-0.39, 0.29) is 18.6 Å². The largest absolute Gasteiger partial charge is 0.496 e. The van der Waals surface area contributed by atoms with E-state index < -0.39 is 11.9 Å². The lowest BCUT2D eigenvalue weighted by Gasteiger charge is -2.07. The van der Waals surface area contributed by atoms with Crippen molar-refractivity contribution >= 4 is 49.1 Å². The molecule has 0 aliphatic heterocycles. The number of hydrogen-bond donors (Lipinski definition) is 1. The minimum Gasteiger partial charge on any atom is -0.496 e. The van der Waals surface area contributed by atoms with Gasteiger partial charge in [-0.3, -0.25) is 9.59 Å². The molecule has 6 heteroatoms. The molecule has 1 aromatic carbocycles. The van der Waals surface area contributed by atoms with Crippen LogP contribution in [0.3, 0.4) is 0 Å². The zero-order valence-corrected chi connectivity index (χ0v) is 16.2. The van der Waals surface area contributed by atoms with Gasteiger partial charge >= 0.3 is 5.97 Å². The number of ketones is 1.